The molecule has 0 aromatic heterocycles. The third-order valence-corrected chi connectivity index (χ3v) is 5.83. The predicted octanol–water partition coefficient (Wildman–Crippen LogP) is 1.17. The standard InChI is InChI=1S/C12H20O3S/c13-8-11(7-9-1-2-10(11)15-9)12(14)3-5-16-6-4-12/h9-10,13-14H,1-8H2. The molecule has 3 nitrogen and oxygen atoms in total. The number of aliphatic hydroxyl groups excluding tert-OH is 1. The first-order chi connectivity index (χ1) is 7.70. The van der Waals surface area contributed by atoms with Crippen LogP contribution in [0.2, 0.25) is 0 Å². The molecule has 92 valence electrons. The Hall–Kier alpha value is 0.230. The molecular formula is C12H20O3S. The van der Waals surface area contributed by atoms with E-state index in [2.05, 4.69) is 0 Å². The molecule has 3 unspecified atom stereocenters. The van der Waals surface area contributed by atoms with Gasteiger partial charge < -0.3 is 14.9 Å². The lowest BCUT2D eigenvalue weighted by atomic mass is 9.61. The van der Waals surface area contributed by atoms with E-state index >= 15 is 0 Å². The van der Waals surface area contributed by atoms with E-state index in [1.807, 2.05) is 11.8 Å². The van der Waals surface area contributed by atoms with Crippen LogP contribution in [0.4, 0.5) is 0 Å². The summed E-state index contributed by atoms with van der Waals surface area (Å²) in [6, 6.07) is 0. The Bertz CT molecular complexity index is 277. The van der Waals surface area contributed by atoms with Gasteiger partial charge >= 0.3 is 0 Å². The first-order valence-corrected chi connectivity index (χ1v) is 7.42. The predicted molar refractivity (Wildman–Crippen MR) is 63.5 cm³/mol. The van der Waals surface area contributed by atoms with E-state index in [1.165, 1.54) is 0 Å². The molecule has 4 heteroatoms. The maximum Gasteiger partial charge on any atom is 0.0767 e. The summed E-state index contributed by atoms with van der Waals surface area (Å²) < 4.78 is 5.87. The molecule has 3 aliphatic rings. The first kappa shape index (κ1) is 11.3. The second-order valence-electron chi connectivity index (χ2n) is 5.49. The van der Waals surface area contributed by atoms with Crippen molar-refractivity contribution in [3.05, 3.63) is 0 Å². The number of hydrogen-bond donors (Lipinski definition) is 2. The van der Waals surface area contributed by atoms with Gasteiger partial charge in [0.05, 0.1) is 29.8 Å². The molecule has 0 aromatic carbocycles. The van der Waals surface area contributed by atoms with Gasteiger partial charge in [0, 0.05) is 0 Å². The van der Waals surface area contributed by atoms with Gasteiger partial charge in [0.2, 0.25) is 0 Å². The Morgan fingerprint density at radius 3 is 2.50 bits per heavy atom. The van der Waals surface area contributed by atoms with Crippen LogP contribution < -0.4 is 0 Å². The van der Waals surface area contributed by atoms with Crippen molar-refractivity contribution in [2.75, 3.05) is 18.1 Å². The smallest absolute Gasteiger partial charge is 0.0767 e. The molecule has 0 aromatic rings. The number of ether oxygens (including phenoxy) is 1. The fraction of sp³-hybridized carbons (Fsp3) is 1.00. The van der Waals surface area contributed by atoms with Gasteiger partial charge in [0.25, 0.3) is 0 Å². The van der Waals surface area contributed by atoms with Crippen molar-refractivity contribution in [3.8, 4) is 0 Å². The molecular weight excluding hydrogens is 224 g/mol. The van der Waals surface area contributed by atoms with E-state index < -0.39 is 5.60 Å². The third-order valence-electron chi connectivity index (χ3n) is 4.84. The molecule has 3 fully saturated rings. The Balaban J connectivity index is 1.89. The summed E-state index contributed by atoms with van der Waals surface area (Å²) in [6.07, 6.45) is 4.98. The van der Waals surface area contributed by atoms with E-state index in [4.69, 9.17) is 4.74 Å². The summed E-state index contributed by atoms with van der Waals surface area (Å²) in [7, 11) is 0. The summed E-state index contributed by atoms with van der Waals surface area (Å²) >= 11 is 1.90. The molecule has 3 heterocycles. The third kappa shape index (κ3) is 1.40. The summed E-state index contributed by atoms with van der Waals surface area (Å²) in [5.41, 5.74) is -1.05. The van der Waals surface area contributed by atoms with Crippen LogP contribution in [0.15, 0.2) is 0 Å². The molecule has 0 aliphatic carbocycles. The topological polar surface area (TPSA) is 49.7 Å². The molecule has 3 aliphatic heterocycles. The number of aliphatic hydroxyl groups is 2. The lowest BCUT2D eigenvalue weighted by molar-refractivity contribution is -0.142. The molecule has 3 saturated heterocycles. The Labute approximate surface area is 101 Å². The van der Waals surface area contributed by atoms with E-state index in [9.17, 15) is 10.2 Å². The highest BCUT2D eigenvalue weighted by Gasteiger charge is 2.62. The van der Waals surface area contributed by atoms with Gasteiger partial charge in [-0.25, -0.2) is 0 Å². The first-order valence-electron chi connectivity index (χ1n) is 6.27. The Morgan fingerprint density at radius 2 is 2.00 bits per heavy atom. The lowest BCUT2D eigenvalue weighted by Crippen LogP contribution is -2.57. The minimum Gasteiger partial charge on any atom is -0.396 e. The van der Waals surface area contributed by atoms with Gasteiger partial charge in [-0.2, -0.15) is 11.8 Å². The zero-order valence-electron chi connectivity index (χ0n) is 9.52. The van der Waals surface area contributed by atoms with Crippen LogP contribution in [0.1, 0.15) is 32.1 Å². The van der Waals surface area contributed by atoms with Crippen molar-refractivity contribution in [3.63, 3.8) is 0 Å². The summed E-state index contributed by atoms with van der Waals surface area (Å²) in [5, 5.41) is 20.7. The van der Waals surface area contributed by atoms with Gasteiger partial charge in [0.15, 0.2) is 0 Å². The van der Waals surface area contributed by atoms with Crippen molar-refractivity contribution in [1.29, 1.82) is 0 Å². The zero-order valence-corrected chi connectivity index (χ0v) is 10.3. The van der Waals surface area contributed by atoms with Gasteiger partial charge in [-0.15, -0.1) is 0 Å². The van der Waals surface area contributed by atoms with E-state index in [-0.39, 0.29) is 24.2 Å². The fourth-order valence-electron chi connectivity index (χ4n) is 3.81. The summed E-state index contributed by atoms with van der Waals surface area (Å²) in [6.45, 7) is 0.0787. The summed E-state index contributed by atoms with van der Waals surface area (Å²) in [5.74, 6) is 2.02. The van der Waals surface area contributed by atoms with E-state index in [0.717, 1.165) is 43.6 Å². The van der Waals surface area contributed by atoms with Crippen LogP contribution >= 0.6 is 11.8 Å². The van der Waals surface area contributed by atoms with Crippen LogP contribution in [0.5, 0.6) is 0 Å². The molecule has 16 heavy (non-hydrogen) atoms. The monoisotopic (exact) mass is 244 g/mol. The van der Waals surface area contributed by atoms with Gasteiger partial charge in [0.1, 0.15) is 0 Å². The van der Waals surface area contributed by atoms with Gasteiger partial charge in [-0.3, -0.25) is 0 Å². The highest BCUT2D eigenvalue weighted by Crippen LogP contribution is 2.56. The quantitative estimate of drug-likeness (QED) is 0.766. The highest BCUT2D eigenvalue weighted by atomic mass is 32.2. The van der Waals surface area contributed by atoms with E-state index in [0.29, 0.717) is 0 Å². The van der Waals surface area contributed by atoms with Crippen molar-refractivity contribution >= 4 is 11.8 Å². The number of rotatable bonds is 2. The number of fused-ring (bicyclic) bond motifs is 2. The zero-order chi connectivity index (χ0) is 11.2. The van der Waals surface area contributed by atoms with E-state index in [1.54, 1.807) is 0 Å². The number of hydrogen-bond acceptors (Lipinski definition) is 4. The molecule has 2 N–H and O–H groups in total. The van der Waals surface area contributed by atoms with Crippen LogP contribution in [0.25, 0.3) is 0 Å². The Kier molecular flexibility index (Phi) is 2.74. The lowest BCUT2D eigenvalue weighted by Gasteiger charge is -2.49. The summed E-state index contributed by atoms with van der Waals surface area (Å²) in [4.78, 5) is 0. The maximum atomic E-state index is 10.9. The molecule has 0 saturated carbocycles. The highest BCUT2D eigenvalue weighted by molar-refractivity contribution is 7.99. The molecule has 0 radical (unpaired) electrons. The van der Waals surface area contributed by atoms with Crippen LogP contribution in [-0.2, 0) is 4.74 Å². The second kappa shape index (κ2) is 3.87. The molecule has 0 amide bonds. The van der Waals surface area contributed by atoms with Crippen LogP contribution in [-0.4, -0.2) is 46.1 Å². The van der Waals surface area contributed by atoms with Gasteiger partial charge in [-0.05, 0) is 43.6 Å². The minimum absolute atomic E-state index is 0.0787. The molecule has 3 atom stereocenters. The largest absolute Gasteiger partial charge is 0.396 e. The normalized spacial score (nSPS) is 46.1. The van der Waals surface area contributed by atoms with Crippen molar-refractivity contribution in [1.82, 2.24) is 0 Å². The van der Waals surface area contributed by atoms with Crippen LogP contribution in [0, 0.1) is 5.41 Å². The molecule has 0 spiro atoms. The fourth-order valence-corrected chi connectivity index (χ4v) is 4.98. The van der Waals surface area contributed by atoms with Crippen molar-refractivity contribution < 1.29 is 14.9 Å². The van der Waals surface area contributed by atoms with Crippen LogP contribution in [0.3, 0.4) is 0 Å². The Morgan fingerprint density at radius 1 is 1.25 bits per heavy atom. The van der Waals surface area contributed by atoms with Crippen molar-refractivity contribution in [2.24, 2.45) is 5.41 Å². The molecule has 2 bridgehead atoms. The number of thioether (sulfide) groups is 1. The maximum absolute atomic E-state index is 10.9. The average molecular weight is 244 g/mol. The average Bonchev–Trinajstić information content (AvgIpc) is 2.90. The second-order valence-corrected chi connectivity index (χ2v) is 6.71. The minimum atomic E-state index is -0.688. The SMILES string of the molecule is OCC1(C2(O)CCSCC2)CC2CCC1O2. The van der Waals surface area contributed by atoms with Gasteiger partial charge in [-0.1, -0.05) is 0 Å². The molecule has 3 rings (SSSR count). The van der Waals surface area contributed by atoms with Crippen molar-refractivity contribution in [2.45, 2.75) is 49.9 Å².